The number of aromatic nitrogens is 2. The molecule has 1 N–H and O–H groups in total. The number of hydrogen-bond donors (Lipinski definition) is 1. The van der Waals surface area contributed by atoms with Gasteiger partial charge in [0.05, 0.1) is 22.0 Å². The number of rotatable bonds is 9. The van der Waals surface area contributed by atoms with Crippen molar-refractivity contribution in [2.24, 2.45) is 0 Å². The first-order valence-electron chi connectivity index (χ1n) is 10.8. The largest absolute Gasteiger partial charge is 0.485 e. The van der Waals surface area contributed by atoms with Gasteiger partial charge in [0.2, 0.25) is 0 Å². The van der Waals surface area contributed by atoms with E-state index in [4.69, 9.17) is 25.6 Å². The van der Waals surface area contributed by atoms with Crippen molar-refractivity contribution >= 4 is 38.7 Å². The van der Waals surface area contributed by atoms with E-state index in [0.29, 0.717) is 27.9 Å². The van der Waals surface area contributed by atoms with Gasteiger partial charge in [-0.1, -0.05) is 18.5 Å². The number of sulfone groups is 1. The Hall–Kier alpha value is -3.83. The van der Waals surface area contributed by atoms with Crippen LogP contribution >= 0.6 is 11.6 Å². The highest BCUT2D eigenvalue weighted by atomic mass is 35.5. The van der Waals surface area contributed by atoms with E-state index in [-0.39, 0.29) is 35.3 Å². The number of amides is 1. The van der Waals surface area contributed by atoms with Crippen LogP contribution in [0.2, 0.25) is 5.02 Å². The van der Waals surface area contributed by atoms with E-state index in [2.05, 4.69) is 10.3 Å². The molecule has 0 aliphatic rings. The second-order valence-corrected chi connectivity index (χ2v) is 10.4. The normalized spacial score (nSPS) is 11.4. The molecular formula is C24H22ClN3O7S. The molecule has 4 rings (SSSR count). The Bertz CT molecular complexity index is 1580. The van der Waals surface area contributed by atoms with Crippen LogP contribution in [0.4, 0.5) is 5.69 Å². The number of carbonyl (C=O) groups excluding carboxylic acids is 1. The van der Waals surface area contributed by atoms with Crippen LogP contribution in [-0.2, 0) is 21.2 Å². The Morgan fingerprint density at radius 2 is 1.86 bits per heavy atom. The first-order valence-corrected chi connectivity index (χ1v) is 12.8. The Balaban J connectivity index is 1.54. The van der Waals surface area contributed by atoms with Gasteiger partial charge in [0.1, 0.15) is 23.9 Å². The van der Waals surface area contributed by atoms with Crippen LogP contribution in [0, 0.1) is 6.92 Å². The monoisotopic (exact) mass is 531 g/mol. The van der Waals surface area contributed by atoms with Gasteiger partial charge in [-0.25, -0.2) is 13.4 Å². The minimum Gasteiger partial charge on any atom is -0.485 e. The smallest absolute Gasteiger partial charge is 0.287 e. The van der Waals surface area contributed by atoms with Crippen LogP contribution < -0.4 is 20.3 Å². The minimum atomic E-state index is -3.54. The van der Waals surface area contributed by atoms with Crippen molar-refractivity contribution in [1.29, 1.82) is 0 Å². The third-order valence-electron chi connectivity index (χ3n) is 5.05. The van der Waals surface area contributed by atoms with Gasteiger partial charge >= 0.3 is 0 Å². The summed E-state index contributed by atoms with van der Waals surface area (Å²) in [6.07, 6.45) is 0. The molecule has 12 heteroatoms. The van der Waals surface area contributed by atoms with Gasteiger partial charge in [-0.2, -0.15) is 0 Å². The number of nitrogens with one attached hydrogen (secondary N) is 1. The summed E-state index contributed by atoms with van der Waals surface area (Å²) in [6, 6.07) is 13.5. The van der Waals surface area contributed by atoms with E-state index in [9.17, 15) is 18.0 Å². The lowest BCUT2D eigenvalue weighted by Crippen LogP contribution is -2.21. The highest BCUT2D eigenvalue weighted by Crippen LogP contribution is 2.29. The molecule has 0 saturated carbocycles. The van der Waals surface area contributed by atoms with Crippen LogP contribution in [0.5, 0.6) is 11.5 Å². The maximum atomic E-state index is 12.6. The third-order valence-corrected chi connectivity index (χ3v) is 7.03. The number of hydrogen-bond acceptors (Lipinski definition) is 8. The summed E-state index contributed by atoms with van der Waals surface area (Å²) in [4.78, 5) is 29.2. The molecule has 36 heavy (non-hydrogen) atoms. The molecule has 0 bridgehead atoms. The summed E-state index contributed by atoms with van der Waals surface area (Å²) in [5.74, 6) is 0.507. The first-order chi connectivity index (χ1) is 17.1. The molecule has 4 aromatic rings. The predicted molar refractivity (Wildman–Crippen MR) is 133 cm³/mol. The predicted octanol–water partition coefficient (Wildman–Crippen LogP) is 3.64. The van der Waals surface area contributed by atoms with Gasteiger partial charge in [-0.15, -0.1) is 4.57 Å². The quantitative estimate of drug-likeness (QED) is 0.346. The van der Waals surface area contributed by atoms with Gasteiger partial charge < -0.3 is 19.3 Å². The van der Waals surface area contributed by atoms with Crippen LogP contribution in [0.15, 0.2) is 68.8 Å². The van der Waals surface area contributed by atoms with Crippen molar-refractivity contribution in [2.75, 3.05) is 17.7 Å². The van der Waals surface area contributed by atoms with E-state index in [1.807, 2.05) is 0 Å². The van der Waals surface area contributed by atoms with Crippen molar-refractivity contribution < 1.29 is 27.2 Å². The number of benzene rings is 2. The maximum absolute atomic E-state index is 12.6. The lowest BCUT2D eigenvalue weighted by Gasteiger charge is -2.14. The summed E-state index contributed by atoms with van der Waals surface area (Å²) < 4.78 is 42.4. The number of anilines is 1. The van der Waals surface area contributed by atoms with Gasteiger partial charge in [-0.3, -0.25) is 9.59 Å². The SMILES string of the molecule is CCS(=O)(=O)c1ccc(OCc2cc(=O)n3oc(C)cc3n2)c(NC(=O)COc2ccc(Cl)cc2)c1. The third kappa shape index (κ3) is 5.86. The molecule has 2 heterocycles. The Morgan fingerprint density at radius 1 is 1.11 bits per heavy atom. The summed E-state index contributed by atoms with van der Waals surface area (Å²) in [5.41, 5.74) is 0.375. The molecule has 0 unspecified atom stereocenters. The van der Waals surface area contributed by atoms with Crippen molar-refractivity contribution in [1.82, 2.24) is 9.56 Å². The molecule has 10 nitrogen and oxygen atoms in total. The number of aryl methyl sites for hydroxylation is 1. The van der Waals surface area contributed by atoms with E-state index >= 15 is 0 Å². The standard InChI is InChI=1S/C24H22ClN3O7S/c1-3-36(31,32)19-8-9-21(34-13-17-11-24(30)28-22(26-17)10-15(2)35-28)20(12-19)27-23(29)14-33-18-6-4-16(25)5-7-18/h4-12H,3,13-14H2,1-2H3,(H,27,29). The first kappa shape index (κ1) is 25.3. The van der Waals surface area contributed by atoms with Gasteiger partial charge in [-0.05, 0) is 49.4 Å². The maximum Gasteiger partial charge on any atom is 0.287 e. The van der Waals surface area contributed by atoms with Crippen molar-refractivity contribution in [3.63, 3.8) is 0 Å². The second kappa shape index (κ2) is 10.4. The van der Waals surface area contributed by atoms with Gasteiger partial charge in [0.25, 0.3) is 11.5 Å². The molecule has 0 fully saturated rings. The van der Waals surface area contributed by atoms with E-state index in [1.54, 1.807) is 37.3 Å². The minimum absolute atomic E-state index is 0.0259. The van der Waals surface area contributed by atoms with Gasteiger partial charge in [0.15, 0.2) is 22.1 Å². The van der Waals surface area contributed by atoms with Crippen molar-refractivity contribution in [3.8, 4) is 11.5 Å². The molecule has 0 spiro atoms. The fraction of sp³-hybridized carbons (Fsp3) is 0.208. The zero-order chi connectivity index (χ0) is 25.9. The summed E-state index contributed by atoms with van der Waals surface area (Å²) in [7, 11) is -3.54. The van der Waals surface area contributed by atoms with Gasteiger partial charge in [0, 0.05) is 17.2 Å². The van der Waals surface area contributed by atoms with Crippen LogP contribution in [0.1, 0.15) is 18.4 Å². The molecule has 0 radical (unpaired) electrons. The molecule has 0 aliphatic heterocycles. The number of nitrogens with zero attached hydrogens (tertiary/aromatic N) is 2. The summed E-state index contributed by atoms with van der Waals surface area (Å²) in [6.45, 7) is 2.78. The molecule has 0 atom stereocenters. The molecule has 0 saturated heterocycles. The topological polar surface area (TPSA) is 129 Å². The molecule has 1 amide bonds. The highest BCUT2D eigenvalue weighted by Gasteiger charge is 2.17. The Kier molecular flexibility index (Phi) is 7.32. The number of ether oxygens (including phenoxy) is 2. The van der Waals surface area contributed by atoms with Crippen molar-refractivity contribution in [2.45, 2.75) is 25.3 Å². The van der Waals surface area contributed by atoms with E-state index in [1.165, 1.54) is 31.2 Å². The Morgan fingerprint density at radius 3 is 2.58 bits per heavy atom. The zero-order valence-electron chi connectivity index (χ0n) is 19.4. The number of carbonyl (C=O) groups is 1. The van der Waals surface area contributed by atoms with Crippen molar-refractivity contribution in [3.05, 3.63) is 81.4 Å². The summed E-state index contributed by atoms with van der Waals surface area (Å²) >= 11 is 5.85. The molecular weight excluding hydrogens is 510 g/mol. The lowest BCUT2D eigenvalue weighted by molar-refractivity contribution is -0.118. The Labute approximate surface area is 211 Å². The second-order valence-electron chi connectivity index (χ2n) is 7.73. The lowest BCUT2D eigenvalue weighted by atomic mass is 10.3. The summed E-state index contributed by atoms with van der Waals surface area (Å²) in [5, 5.41) is 3.16. The average molecular weight is 532 g/mol. The van der Waals surface area contributed by atoms with Crippen LogP contribution in [0.3, 0.4) is 0 Å². The molecule has 2 aromatic heterocycles. The van der Waals surface area contributed by atoms with Crippen LogP contribution in [0.25, 0.3) is 5.65 Å². The highest BCUT2D eigenvalue weighted by molar-refractivity contribution is 7.91. The molecule has 0 aliphatic carbocycles. The van der Waals surface area contributed by atoms with Crippen LogP contribution in [-0.4, -0.2) is 36.2 Å². The molecule has 2 aromatic carbocycles. The van der Waals surface area contributed by atoms with E-state index in [0.717, 1.165) is 4.57 Å². The average Bonchev–Trinajstić information content (AvgIpc) is 3.23. The molecule has 188 valence electrons. The number of halogens is 1. The fourth-order valence-electron chi connectivity index (χ4n) is 3.26. The number of fused-ring (bicyclic) bond motifs is 1. The van der Waals surface area contributed by atoms with E-state index < -0.39 is 21.3 Å². The fourth-order valence-corrected chi connectivity index (χ4v) is 4.29. The zero-order valence-corrected chi connectivity index (χ0v) is 20.9.